The molecule has 6 rings (SSSR count). The van der Waals surface area contributed by atoms with Gasteiger partial charge in [-0.2, -0.15) is 0 Å². The summed E-state index contributed by atoms with van der Waals surface area (Å²) < 4.78 is 46.9. The zero-order valence-corrected chi connectivity index (χ0v) is 27.7. The van der Waals surface area contributed by atoms with E-state index in [4.69, 9.17) is 14.2 Å². The highest BCUT2D eigenvalue weighted by Gasteiger charge is 2.58. The molecule has 1 aromatic heterocycles. The Kier molecular flexibility index (Phi) is 8.32. The summed E-state index contributed by atoms with van der Waals surface area (Å²) in [6.07, 6.45) is 4.65. The Hall–Kier alpha value is -3.66. The molecule has 1 N–H and O–H groups in total. The summed E-state index contributed by atoms with van der Waals surface area (Å²) >= 11 is 0. The SMILES string of the molecule is COC(=O)c1ccc([C@H]2CC3(CCN2Cc2c(OC)cc(C)c4c2ccn4C(=O)OC(C)(C)C)CC(F)(F)C3)c(NCC2CC2)c1. The first kappa shape index (κ1) is 32.3. The number of anilines is 1. The minimum atomic E-state index is -2.63. The molecule has 46 heavy (non-hydrogen) atoms. The van der Waals surface area contributed by atoms with Crippen molar-refractivity contribution in [3.63, 3.8) is 0 Å². The molecule has 1 spiro atoms. The Morgan fingerprint density at radius 1 is 1.09 bits per heavy atom. The van der Waals surface area contributed by atoms with Crippen molar-refractivity contribution in [2.75, 3.05) is 32.6 Å². The zero-order valence-electron chi connectivity index (χ0n) is 27.7. The average Bonchev–Trinajstić information content (AvgIpc) is 3.70. The van der Waals surface area contributed by atoms with E-state index in [-0.39, 0.29) is 18.9 Å². The number of alkyl halides is 2. The average molecular weight is 638 g/mol. The molecule has 8 nitrogen and oxygen atoms in total. The summed E-state index contributed by atoms with van der Waals surface area (Å²) in [5.74, 6) is -1.76. The number of ether oxygens (including phenoxy) is 3. The van der Waals surface area contributed by atoms with Gasteiger partial charge in [-0.25, -0.2) is 18.4 Å². The standard InChI is InChI=1S/C36H45F2N3O5/c1-22-15-30(44-5)27(25-11-13-41(31(22)25)33(43)46-34(2,3)4)19-40-14-12-35(20-36(37,38)21-35)17-29(40)26-10-9-24(32(42)45-6)16-28(26)39-18-23-7-8-23/h9-11,13,15-16,23,29,39H,7-8,12,14,17-21H2,1-6H3/t29-/m1/s1. The topological polar surface area (TPSA) is 82.0 Å². The monoisotopic (exact) mass is 637 g/mol. The number of fused-ring (bicyclic) bond motifs is 1. The third-order valence-corrected chi connectivity index (χ3v) is 9.78. The lowest BCUT2D eigenvalue weighted by atomic mass is 9.58. The van der Waals surface area contributed by atoms with Gasteiger partial charge in [-0.3, -0.25) is 9.47 Å². The minimum absolute atomic E-state index is 0.105. The molecule has 0 bridgehead atoms. The highest BCUT2D eigenvalue weighted by atomic mass is 19.3. The zero-order chi connectivity index (χ0) is 33.0. The normalized spacial score (nSPS) is 20.7. The van der Waals surface area contributed by atoms with Gasteiger partial charge in [-0.1, -0.05) is 6.07 Å². The van der Waals surface area contributed by atoms with Gasteiger partial charge in [0.1, 0.15) is 11.4 Å². The maximum atomic E-state index is 14.4. The number of methoxy groups -OCH3 is 2. The molecular formula is C36H45F2N3O5. The van der Waals surface area contributed by atoms with Gasteiger partial charge < -0.3 is 19.5 Å². The number of nitrogens with one attached hydrogen (secondary N) is 1. The van der Waals surface area contributed by atoms with Crippen molar-refractivity contribution >= 4 is 28.7 Å². The van der Waals surface area contributed by atoms with Crippen molar-refractivity contribution in [2.45, 2.75) is 90.3 Å². The van der Waals surface area contributed by atoms with Crippen LogP contribution in [0.3, 0.4) is 0 Å². The summed E-state index contributed by atoms with van der Waals surface area (Å²) in [5, 5.41) is 4.47. The van der Waals surface area contributed by atoms with Crippen molar-refractivity contribution in [1.29, 1.82) is 0 Å². The number of benzene rings is 2. The van der Waals surface area contributed by atoms with Gasteiger partial charge in [-0.05, 0) is 107 Å². The summed E-state index contributed by atoms with van der Waals surface area (Å²) in [5.41, 5.74) is 3.73. The van der Waals surface area contributed by atoms with E-state index in [0.717, 1.165) is 39.8 Å². The van der Waals surface area contributed by atoms with Crippen LogP contribution in [-0.2, 0) is 16.0 Å². The number of likely N-dealkylation sites (tertiary alicyclic amines) is 1. The number of hydrogen-bond donors (Lipinski definition) is 1. The Morgan fingerprint density at radius 3 is 2.46 bits per heavy atom. The van der Waals surface area contributed by atoms with Crippen LogP contribution >= 0.6 is 0 Å². The largest absolute Gasteiger partial charge is 0.496 e. The number of rotatable bonds is 8. The van der Waals surface area contributed by atoms with E-state index >= 15 is 0 Å². The predicted octanol–water partition coefficient (Wildman–Crippen LogP) is 8.10. The van der Waals surface area contributed by atoms with Crippen molar-refractivity contribution in [3.05, 3.63) is 58.8 Å². The van der Waals surface area contributed by atoms with Gasteiger partial charge in [0.15, 0.2) is 0 Å². The Balaban J connectivity index is 1.40. The maximum Gasteiger partial charge on any atom is 0.419 e. The first-order valence-corrected chi connectivity index (χ1v) is 16.2. The van der Waals surface area contributed by atoms with Crippen molar-refractivity contribution in [1.82, 2.24) is 9.47 Å². The fourth-order valence-electron chi connectivity index (χ4n) is 7.44. The van der Waals surface area contributed by atoms with E-state index in [9.17, 15) is 18.4 Å². The number of carbonyl (C=O) groups excluding carboxylic acids is 2. The van der Waals surface area contributed by atoms with Crippen molar-refractivity contribution in [2.24, 2.45) is 11.3 Å². The van der Waals surface area contributed by atoms with Gasteiger partial charge in [0.2, 0.25) is 5.92 Å². The number of carbonyl (C=O) groups is 2. The second-order valence-corrected chi connectivity index (χ2v) is 14.6. The third kappa shape index (κ3) is 6.46. The van der Waals surface area contributed by atoms with Crippen molar-refractivity contribution in [3.8, 4) is 5.75 Å². The lowest BCUT2D eigenvalue weighted by Crippen LogP contribution is -2.53. The Labute approximate surface area is 269 Å². The van der Waals surface area contributed by atoms with Crippen molar-refractivity contribution < 1.29 is 32.6 Å². The van der Waals surface area contributed by atoms with Gasteiger partial charge in [0.05, 0.1) is 25.3 Å². The van der Waals surface area contributed by atoms with Crippen LogP contribution in [-0.4, -0.2) is 60.4 Å². The van der Waals surface area contributed by atoms with E-state index in [1.807, 2.05) is 52.0 Å². The number of hydrogen-bond acceptors (Lipinski definition) is 7. The summed E-state index contributed by atoms with van der Waals surface area (Å²) in [7, 11) is 3.00. The van der Waals surface area contributed by atoms with Crippen LogP contribution in [0.5, 0.6) is 5.75 Å². The first-order valence-electron chi connectivity index (χ1n) is 16.2. The highest BCUT2D eigenvalue weighted by molar-refractivity contribution is 5.95. The van der Waals surface area contributed by atoms with E-state index in [0.29, 0.717) is 43.2 Å². The molecule has 2 saturated carbocycles. The maximum absolute atomic E-state index is 14.4. The molecule has 10 heteroatoms. The minimum Gasteiger partial charge on any atom is -0.496 e. The van der Waals surface area contributed by atoms with Gasteiger partial charge in [0, 0.05) is 54.8 Å². The smallest absolute Gasteiger partial charge is 0.419 e. The molecular weight excluding hydrogens is 592 g/mol. The lowest BCUT2D eigenvalue weighted by molar-refractivity contribution is -0.186. The molecule has 2 aromatic carbocycles. The van der Waals surface area contributed by atoms with Crippen LogP contribution in [0, 0.1) is 18.3 Å². The highest BCUT2D eigenvalue weighted by Crippen LogP contribution is 2.61. The quantitative estimate of drug-likeness (QED) is 0.250. The lowest BCUT2D eigenvalue weighted by Gasteiger charge is -2.55. The molecule has 1 atom stereocenters. The van der Waals surface area contributed by atoms with Gasteiger partial charge in [-0.15, -0.1) is 0 Å². The third-order valence-electron chi connectivity index (χ3n) is 9.78. The fourth-order valence-corrected chi connectivity index (χ4v) is 7.44. The van der Waals surface area contributed by atoms with Gasteiger partial charge in [0.25, 0.3) is 0 Å². The molecule has 248 valence electrons. The number of esters is 1. The molecule has 0 radical (unpaired) electrons. The van der Waals surface area contributed by atoms with E-state index in [1.54, 1.807) is 23.9 Å². The number of aromatic nitrogens is 1. The molecule has 2 aliphatic carbocycles. The van der Waals surface area contributed by atoms with Crippen LogP contribution < -0.4 is 10.1 Å². The van der Waals surface area contributed by atoms with E-state index < -0.39 is 29.0 Å². The summed E-state index contributed by atoms with van der Waals surface area (Å²) in [4.78, 5) is 28.0. The number of piperidine rings is 1. The molecule has 2 heterocycles. The fraction of sp³-hybridized carbons (Fsp3) is 0.556. The number of aryl methyl sites for hydroxylation is 1. The van der Waals surface area contributed by atoms with Crippen LogP contribution in [0.15, 0.2) is 36.5 Å². The molecule has 3 aromatic rings. The number of nitrogens with zero attached hydrogens (tertiary/aromatic N) is 2. The second kappa shape index (κ2) is 11.9. The Morgan fingerprint density at radius 2 is 1.83 bits per heavy atom. The molecule has 1 saturated heterocycles. The molecule has 0 unspecified atom stereocenters. The summed E-state index contributed by atoms with van der Waals surface area (Å²) in [6, 6.07) is 9.24. The molecule has 1 aliphatic heterocycles. The van der Waals surface area contributed by atoms with E-state index in [2.05, 4.69) is 10.2 Å². The Bertz CT molecular complexity index is 1650. The molecule has 3 aliphatic rings. The summed E-state index contributed by atoms with van der Waals surface area (Å²) in [6.45, 7) is 9.35. The van der Waals surface area contributed by atoms with Crippen LogP contribution in [0.1, 0.15) is 92.4 Å². The van der Waals surface area contributed by atoms with Crippen LogP contribution in [0.2, 0.25) is 0 Å². The number of halogens is 2. The predicted molar refractivity (Wildman–Crippen MR) is 173 cm³/mol. The van der Waals surface area contributed by atoms with E-state index in [1.165, 1.54) is 20.0 Å². The van der Waals surface area contributed by atoms with Crippen LogP contribution in [0.25, 0.3) is 10.9 Å². The van der Waals surface area contributed by atoms with Gasteiger partial charge >= 0.3 is 12.1 Å². The molecule has 3 fully saturated rings. The molecule has 0 amide bonds. The van der Waals surface area contributed by atoms with Crippen LogP contribution in [0.4, 0.5) is 19.3 Å². The second-order valence-electron chi connectivity index (χ2n) is 14.6. The first-order chi connectivity index (χ1) is 21.7.